The molecule has 0 spiro atoms. The Morgan fingerprint density at radius 2 is 1.60 bits per heavy atom. The van der Waals surface area contributed by atoms with E-state index in [1.807, 2.05) is 6.07 Å². The van der Waals surface area contributed by atoms with E-state index in [0.717, 1.165) is 11.3 Å². The van der Waals surface area contributed by atoms with Gasteiger partial charge in [-0.1, -0.05) is 55.2 Å². The Kier molecular flexibility index (Phi) is 3.06. The highest BCUT2D eigenvalue weighted by Crippen LogP contribution is 2.50. The summed E-state index contributed by atoms with van der Waals surface area (Å²) in [7, 11) is -4.97. The molecule has 1 aromatic carbocycles. The summed E-state index contributed by atoms with van der Waals surface area (Å²) in [6.45, 7) is 6.74. The number of allylic oxidation sites excluding steroid dienone is 4. The molecule has 2 atom stereocenters. The van der Waals surface area contributed by atoms with Gasteiger partial charge < -0.3 is 0 Å². The van der Waals surface area contributed by atoms with Crippen LogP contribution in [-0.4, -0.2) is 16.5 Å². The fourth-order valence-corrected chi connectivity index (χ4v) is 8.84. The molecule has 0 heterocycles. The molecule has 2 bridgehead atoms. The Labute approximate surface area is 122 Å². The van der Waals surface area contributed by atoms with Gasteiger partial charge in [-0.3, -0.25) is 0 Å². The van der Waals surface area contributed by atoms with Crippen LogP contribution in [0.5, 0.6) is 0 Å². The summed E-state index contributed by atoms with van der Waals surface area (Å²) in [5.74, 6) is 0.465. The van der Waals surface area contributed by atoms with Crippen LogP contribution in [0.25, 0.3) is 0 Å². The van der Waals surface area contributed by atoms with Crippen LogP contribution in [-0.2, 0) is 9.84 Å². The van der Waals surface area contributed by atoms with Gasteiger partial charge in [0.25, 0.3) is 0 Å². The van der Waals surface area contributed by atoms with Crippen molar-refractivity contribution in [2.45, 2.75) is 31.0 Å². The van der Waals surface area contributed by atoms with E-state index in [1.54, 1.807) is 24.3 Å². The van der Waals surface area contributed by atoms with Gasteiger partial charge in [0.1, 0.15) is 0 Å². The van der Waals surface area contributed by atoms with E-state index in [1.165, 1.54) is 5.20 Å². The smallest absolute Gasteiger partial charge is 0.202 e. The SMILES string of the molecule is C[Si](C)(C)C1=C(S(=O)(=O)c2ccccc2)C2C=CC1C2. The van der Waals surface area contributed by atoms with Crippen LogP contribution < -0.4 is 0 Å². The Morgan fingerprint density at radius 3 is 2.20 bits per heavy atom. The molecule has 0 aromatic heterocycles. The minimum absolute atomic E-state index is 0.104. The third-order valence-electron chi connectivity index (χ3n) is 4.21. The number of hydrogen-bond donors (Lipinski definition) is 0. The van der Waals surface area contributed by atoms with Crippen molar-refractivity contribution in [3.63, 3.8) is 0 Å². The molecule has 0 fully saturated rings. The summed E-state index contributed by atoms with van der Waals surface area (Å²) >= 11 is 0. The summed E-state index contributed by atoms with van der Waals surface area (Å²) < 4.78 is 26.0. The van der Waals surface area contributed by atoms with Crippen molar-refractivity contribution in [3.05, 3.63) is 52.6 Å². The minimum atomic E-state index is -3.34. The van der Waals surface area contributed by atoms with Crippen LogP contribution in [0.1, 0.15) is 6.42 Å². The maximum Gasteiger partial charge on any atom is 0.202 e. The first kappa shape index (κ1) is 13.8. The molecule has 0 saturated carbocycles. The first-order valence-electron chi connectivity index (χ1n) is 7.05. The molecule has 0 aliphatic heterocycles. The van der Waals surface area contributed by atoms with Crippen molar-refractivity contribution in [2.75, 3.05) is 0 Å². The molecule has 1 aromatic rings. The van der Waals surface area contributed by atoms with E-state index >= 15 is 0 Å². The van der Waals surface area contributed by atoms with Gasteiger partial charge >= 0.3 is 0 Å². The molecule has 0 amide bonds. The molecule has 2 unspecified atom stereocenters. The number of benzene rings is 1. The molecule has 2 aliphatic carbocycles. The monoisotopic (exact) mass is 304 g/mol. The first-order chi connectivity index (χ1) is 9.32. The van der Waals surface area contributed by atoms with Crippen molar-refractivity contribution >= 4 is 17.9 Å². The zero-order chi connectivity index (χ0) is 14.5. The molecule has 20 heavy (non-hydrogen) atoms. The lowest BCUT2D eigenvalue weighted by molar-refractivity contribution is 0.596. The topological polar surface area (TPSA) is 34.1 Å². The second kappa shape index (κ2) is 4.43. The molecule has 3 rings (SSSR count). The van der Waals surface area contributed by atoms with Gasteiger partial charge in [-0.2, -0.15) is 0 Å². The van der Waals surface area contributed by atoms with E-state index in [0.29, 0.717) is 10.8 Å². The van der Waals surface area contributed by atoms with Crippen LogP contribution in [0.2, 0.25) is 19.6 Å². The summed E-state index contributed by atoms with van der Waals surface area (Å²) in [5, 5.41) is 1.24. The summed E-state index contributed by atoms with van der Waals surface area (Å²) in [5.41, 5.74) is 0. The number of sulfone groups is 1. The zero-order valence-electron chi connectivity index (χ0n) is 12.1. The van der Waals surface area contributed by atoms with Gasteiger partial charge in [-0.15, -0.1) is 0 Å². The van der Waals surface area contributed by atoms with Crippen LogP contribution in [0.4, 0.5) is 0 Å². The van der Waals surface area contributed by atoms with Crippen LogP contribution in [0.3, 0.4) is 0 Å². The normalized spacial score (nSPS) is 25.6. The van der Waals surface area contributed by atoms with E-state index in [9.17, 15) is 8.42 Å². The quantitative estimate of drug-likeness (QED) is 0.629. The Balaban J connectivity index is 2.20. The molecule has 2 aliphatic rings. The second-order valence-electron chi connectivity index (χ2n) is 6.68. The number of hydrogen-bond acceptors (Lipinski definition) is 2. The van der Waals surface area contributed by atoms with E-state index < -0.39 is 17.9 Å². The number of rotatable bonds is 3. The molecule has 0 radical (unpaired) electrons. The lowest BCUT2D eigenvalue weighted by Crippen LogP contribution is -2.30. The third-order valence-corrected chi connectivity index (χ3v) is 8.64. The molecule has 106 valence electrons. The first-order valence-corrected chi connectivity index (χ1v) is 12.0. The van der Waals surface area contributed by atoms with Crippen molar-refractivity contribution in [1.82, 2.24) is 0 Å². The van der Waals surface area contributed by atoms with E-state index in [4.69, 9.17) is 0 Å². The fraction of sp³-hybridized carbons (Fsp3) is 0.375. The highest BCUT2D eigenvalue weighted by Gasteiger charge is 2.45. The molecule has 0 saturated heterocycles. The van der Waals surface area contributed by atoms with Crippen molar-refractivity contribution < 1.29 is 8.42 Å². The maximum atomic E-state index is 13.0. The summed E-state index contributed by atoms with van der Waals surface area (Å²) in [6.07, 6.45) is 5.26. The zero-order valence-corrected chi connectivity index (χ0v) is 13.9. The molecule has 4 heteroatoms. The molecule has 2 nitrogen and oxygen atoms in total. The largest absolute Gasteiger partial charge is 0.219 e. The van der Waals surface area contributed by atoms with Crippen molar-refractivity contribution in [2.24, 2.45) is 11.8 Å². The van der Waals surface area contributed by atoms with Gasteiger partial charge in [0.05, 0.1) is 17.9 Å². The Bertz CT molecular complexity index is 694. The highest BCUT2D eigenvalue weighted by atomic mass is 32.2. The predicted octanol–water partition coefficient (Wildman–Crippen LogP) is 3.80. The third kappa shape index (κ3) is 2.02. The summed E-state index contributed by atoms with van der Waals surface area (Å²) in [4.78, 5) is 1.15. The van der Waals surface area contributed by atoms with E-state index in [-0.39, 0.29) is 5.92 Å². The highest BCUT2D eigenvalue weighted by molar-refractivity contribution is 7.95. The lowest BCUT2D eigenvalue weighted by atomic mass is 10.2. The van der Waals surface area contributed by atoms with Crippen molar-refractivity contribution in [1.29, 1.82) is 0 Å². The Hall–Kier alpha value is -1.13. The van der Waals surface area contributed by atoms with Crippen LogP contribution in [0.15, 0.2) is 57.5 Å². The number of fused-ring (bicyclic) bond motifs is 2. The van der Waals surface area contributed by atoms with Gasteiger partial charge in [0, 0.05) is 5.92 Å². The van der Waals surface area contributed by atoms with Gasteiger partial charge in [-0.25, -0.2) is 8.42 Å². The standard InChI is InChI=1S/C16H20O2SSi/c1-20(2,3)16-13-10-9-12(11-13)15(16)19(17,18)14-7-5-4-6-8-14/h4-10,12-13H,11H2,1-3H3. The van der Waals surface area contributed by atoms with Crippen LogP contribution in [0, 0.1) is 11.8 Å². The minimum Gasteiger partial charge on any atom is -0.219 e. The predicted molar refractivity (Wildman–Crippen MR) is 84.7 cm³/mol. The molecular formula is C16H20O2SSi. The van der Waals surface area contributed by atoms with Gasteiger partial charge in [0.2, 0.25) is 9.84 Å². The average Bonchev–Trinajstić information content (AvgIpc) is 2.99. The Morgan fingerprint density at radius 1 is 1.00 bits per heavy atom. The second-order valence-corrected chi connectivity index (χ2v) is 13.6. The summed E-state index contributed by atoms with van der Waals surface area (Å²) in [6, 6.07) is 8.86. The average molecular weight is 304 g/mol. The lowest BCUT2D eigenvalue weighted by Gasteiger charge is -2.26. The molecular weight excluding hydrogens is 284 g/mol. The van der Waals surface area contributed by atoms with Gasteiger partial charge in [0.15, 0.2) is 0 Å². The molecule has 0 N–H and O–H groups in total. The maximum absolute atomic E-state index is 13.0. The van der Waals surface area contributed by atoms with Gasteiger partial charge in [-0.05, 0) is 24.5 Å². The van der Waals surface area contributed by atoms with E-state index in [2.05, 4.69) is 31.8 Å². The fourth-order valence-electron chi connectivity index (χ4n) is 3.49. The van der Waals surface area contributed by atoms with Crippen LogP contribution >= 0.6 is 0 Å². The van der Waals surface area contributed by atoms with Crippen molar-refractivity contribution in [3.8, 4) is 0 Å².